The van der Waals surface area contributed by atoms with E-state index in [1.165, 1.54) is 12.0 Å². The summed E-state index contributed by atoms with van der Waals surface area (Å²) in [6.45, 7) is 2.36. The van der Waals surface area contributed by atoms with Gasteiger partial charge in [0.15, 0.2) is 0 Å². The summed E-state index contributed by atoms with van der Waals surface area (Å²) in [5, 5.41) is 10.7. The summed E-state index contributed by atoms with van der Waals surface area (Å²) in [7, 11) is 1.29. The van der Waals surface area contributed by atoms with E-state index in [9.17, 15) is 9.59 Å². The Hall–Kier alpha value is -2.37. The lowest BCUT2D eigenvalue weighted by Crippen LogP contribution is -2.54. The van der Waals surface area contributed by atoms with Crippen molar-refractivity contribution in [2.45, 2.75) is 38.8 Å². The Bertz CT molecular complexity index is 569. The minimum absolute atomic E-state index is 0.156. The number of piperidine rings is 1. The highest BCUT2D eigenvalue weighted by molar-refractivity contribution is 6.00. The first-order valence-electron chi connectivity index (χ1n) is 7.30. The van der Waals surface area contributed by atoms with Crippen LogP contribution in [0.15, 0.2) is 24.3 Å². The number of hydrogen-bond donors (Lipinski definition) is 2. The molecule has 0 radical (unpaired) electrons. The van der Waals surface area contributed by atoms with Crippen molar-refractivity contribution in [3.05, 3.63) is 35.4 Å². The van der Waals surface area contributed by atoms with Crippen molar-refractivity contribution in [3.8, 4) is 0 Å². The van der Waals surface area contributed by atoms with Crippen LogP contribution in [0.3, 0.4) is 0 Å². The minimum atomic E-state index is -0.704. The van der Waals surface area contributed by atoms with Crippen molar-refractivity contribution in [2.24, 2.45) is 0 Å². The summed E-state index contributed by atoms with van der Waals surface area (Å²) in [6.07, 6.45) is 1.72. The smallest absolute Gasteiger partial charge is 0.329 e. The molecule has 2 amide bonds. The third kappa shape index (κ3) is 3.63. The summed E-state index contributed by atoms with van der Waals surface area (Å²) in [5.41, 5.74) is 2.12. The molecule has 1 aliphatic rings. The lowest BCUT2D eigenvalue weighted by atomic mass is 10.0. The van der Waals surface area contributed by atoms with Crippen LogP contribution in [0.2, 0.25) is 0 Å². The van der Waals surface area contributed by atoms with Gasteiger partial charge in [0.05, 0.1) is 7.11 Å². The molecule has 1 heterocycles. The second-order valence-corrected chi connectivity index (χ2v) is 5.39. The second-order valence-electron chi connectivity index (χ2n) is 5.39. The Labute approximate surface area is 130 Å². The van der Waals surface area contributed by atoms with Crippen molar-refractivity contribution in [3.63, 3.8) is 0 Å². The molecule has 1 saturated heterocycles. The number of nitrogens with one attached hydrogen (secondary N) is 2. The molecule has 1 aliphatic heterocycles. The van der Waals surface area contributed by atoms with Gasteiger partial charge in [-0.05, 0) is 25.3 Å². The van der Waals surface area contributed by atoms with Gasteiger partial charge in [-0.1, -0.05) is 29.8 Å². The van der Waals surface area contributed by atoms with E-state index in [1.54, 1.807) is 0 Å². The Kier molecular flexibility index (Phi) is 5.14. The van der Waals surface area contributed by atoms with Crippen LogP contribution in [0.5, 0.6) is 0 Å². The van der Waals surface area contributed by atoms with Gasteiger partial charge in [-0.2, -0.15) is 0 Å². The van der Waals surface area contributed by atoms with E-state index in [0.717, 1.165) is 11.1 Å². The van der Waals surface area contributed by atoms with Crippen LogP contribution in [0.4, 0.5) is 4.79 Å². The Morgan fingerprint density at radius 3 is 2.68 bits per heavy atom. The fourth-order valence-corrected chi connectivity index (χ4v) is 2.49. The molecule has 6 nitrogen and oxygen atoms in total. The average Bonchev–Trinajstić information content (AvgIpc) is 2.53. The van der Waals surface area contributed by atoms with Gasteiger partial charge in [0.2, 0.25) is 0 Å². The van der Waals surface area contributed by atoms with Gasteiger partial charge >= 0.3 is 12.0 Å². The molecule has 1 aromatic rings. The molecular formula is C16H21N3O3. The quantitative estimate of drug-likeness (QED) is 0.840. The van der Waals surface area contributed by atoms with E-state index < -0.39 is 18.0 Å². The highest BCUT2D eigenvalue weighted by Crippen LogP contribution is 2.19. The number of amides is 2. The molecule has 0 aliphatic carbocycles. The maximum atomic E-state index is 12.3. The van der Waals surface area contributed by atoms with E-state index in [4.69, 9.17) is 10.1 Å². The standard InChI is InChI=1S/C16H21N3O3/c1-11-6-8-12(9-7-11)10-18-16(21)19-13(15(20)22-2)4-3-5-14(19)17/h6-9,13,17H,3-5,10H2,1-2H3,(H,18,21). The fraction of sp³-hybridized carbons (Fsp3) is 0.438. The Morgan fingerprint density at radius 1 is 1.36 bits per heavy atom. The van der Waals surface area contributed by atoms with Crippen LogP contribution >= 0.6 is 0 Å². The normalized spacial score (nSPS) is 18.0. The van der Waals surface area contributed by atoms with Gasteiger partial charge in [0.1, 0.15) is 11.9 Å². The van der Waals surface area contributed by atoms with Crippen LogP contribution in [0.1, 0.15) is 30.4 Å². The molecular weight excluding hydrogens is 282 g/mol. The highest BCUT2D eigenvalue weighted by Gasteiger charge is 2.36. The number of aryl methyl sites for hydroxylation is 1. The van der Waals surface area contributed by atoms with E-state index >= 15 is 0 Å². The SMILES string of the molecule is COC(=O)C1CCCC(=N)N1C(=O)NCc1ccc(C)cc1. The van der Waals surface area contributed by atoms with Crippen molar-refractivity contribution in [2.75, 3.05) is 7.11 Å². The first-order chi connectivity index (χ1) is 10.5. The van der Waals surface area contributed by atoms with Crippen LogP contribution in [-0.2, 0) is 16.1 Å². The predicted octanol–water partition coefficient (Wildman–Crippen LogP) is 2.21. The third-order valence-corrected chi connectivity index (χ3v) is 3.75. The molecule has 1 unspecified atom stereocenters. The molecule has 2 N–H and O–H groups in total. The van der Waals surface area contributed by atoms with E-state index in [2.05, 4.69) is 5.32 Å². The maximum absolute atomic E-state index is 12.3. The van der Waals surface area contributed by atoms with E-state index in [1.807, 2.05) is 31.2 Å². The molecule has 6 heteroatoms. The Balaban J connectivity index is 2.03. The molecule has 1 aromatic carbocycles. The molecule has 118 valence electrons. The molecule has 0 spiro atoms. The van der Waals surface area contributed by atoms with Gasteiger partial charge in [-0.25, -0.2) is 9.59 Å². The zero-order valence-corrected chi connectivity index (χ0v) is 12.9. The highest BCUT2D eigenvalue weighted by atomic mass is 16.5. The number of carbonyl (C=O) groups is 2. The zero-order valence-electron chi connectivity index (χ0n) is 12.9. The molecule has 1 fully saturated rings. The molecule has 0 aromatic heterocycles. The number of likely N-dealkylation sites (tertiary alicyclic amines) is 1. The van der Waals surface area contributed by atoms with Crippen molar-refractivity contribution >= 4 is 17.8 Å². The van der Waals surface area contributed by atoms with Gasteiger partial charge in [-0.3, -0.25) is 10.3 Å². The predicted molar refractivity (Wildman–Crippen MR) is 82.6 cm³/mol. The number of amidine groups is 1. The van der Waals surface area contributed by atoms with Crippen LogP contribution in [-0.4, -0.2) is 35.9 Å². The zero-order chi connectivity index (χ0) is 16.1. The number of methoxy groups -OCH3 is 1. The van der Waals surface area contributed by atoms with Gasteiger partial charge in [0.25, 0.3) is 0 Å². The summed E-state index contributed by atoms with van der Waals surface area (Å²) in [4.78, 5) is 25.4. The number of ether oxygens (including phenoxy) is 1. The first-order valence-corrected chi connectivity index (χ1v) is 7.30. The summed E-state index contributed by atoms with van der Waals surface area (Å²) >= 11 is 0. The minimum Gasteiger partial charge on any atom is -0.467 e. The molecule has 2 rings (SSSR count). The van der Waals surface area contributed by atoms with Crippen molar-refractivity contribution < 1.29 is 14.3 Å². The third-order valence-electron chi connectivity index (χ3n) is 3.75. The number of carbonyl (C=O) groups excluding carboxylic acids is 2. The Morgan fingerprint density at radius 2 is 2.05 bits per heavy atom. The largest absolute Gasteiger partial charge is 0.467 e. The average molecular weight is 303 g/mol. The number of nitrogens with zero attached hydrogens (tertiary/aromatic N) is 1. The number of urea groups is 1. The molecule has 0 saturated carbocycles. The summed E-state index contributed by atoms with van der Waals surface area (Å²) in [5.74, 6) is -0.321. The van der Waals surface area contributed by atoms with Gasteiger partial charge < -0.3 is 10.1 Å². The van der Waals surface area contributed by atoms with Crippen molar-refractivity contribution in [1.82, 2.24) is 10.2 Å². The summed E-state index contributed by atoms with van der Waals surface area (Å²) in [6, 6.07) is 6.69. The number of esters is 1. The lowest BCUT2D eigenvalue weighted by molar-refractivity contribution is -0.145. The topological polar surface area (TPSA) is 82.5 Å². The molecule has 22 heavy (non-hydrogen) atoms. The van der Waals surface area contributed by atoms with Crippen LogP contribution in [0.25, 0.3) is 0 Å². The van der Waals surface area contributed by atoms with Crippen molar-refractivity contribution in [1.29, 1.82) is 5.41 Å². The molecule has 1 atom stereocenters. The van der Waals surface area contributed by atoms with E-state index in [0.29, 0.717) is 25.8 Å². The summed E-state index contributed by atoms with van der Waals surface area (Å²) < 4.78 is 4.74. The number of benzene rings is 1. The monoisotopic (exact) mass is 303 g/mol. The van der Waals surface area contributed by atoms with Gasteiger partial charge in [0, 0.05) is 13.0 Å². The first kappa shape index (κ1) is 16.0. The maximum Gasteiger partial charge on any atom is 0.329 e. The number of hydrogen-bond acceptors (Lipinski definition) is 4. The van der Waals surface area contributed by atoms with Gasteiger partial charge in [-0.15, -0.1) is 0 Å². The number of rotatable bonds is 3. The van der Waals surface area contributed by atoms with Crippen LogP contribution < -0.4 is 5.32 Å². The second kappa shape index (κ2) is 7.06. The van der Waals surface area contributed by atoms with E-state index in [-0.39, 0.29) is 5.84 Å². The molecule has 0 bridgehead atoms. The fourth-order valence-electron chi connectivity index (χ4n) is 2.49. The van der Waals surface area contributed by atoms with Crippen LogP contribution in [0, 0.1) is 12.3 Å². The lowest BCUT2D eigenvalue weighted by Gasteiger charge is -2.33.